The first kappa shape index (κ1) is 25.3. The number of hydrazine groups is 1. The molecule has 11 rings (SSSR count). The number of para-hydroxylation sites is 1. The highest BCUT2D eigenvalue weighted by Crippen LogP contribution is 2.60. The Kier molecular flexibility index (Phi) is 5.02. The lowest BCUT2D eigenvalue weighted by Crippen LogP contribution is -2.09. The van der Waals surface area contributed by atoms with Crippen molar-refractivity contribution >= 4 is 59.8 Å². The minimum absolute atomic E-state index is 0.194. The number of fused-ring (bicyclic) bond motifs is 11. The third-order valence-corrected chi connectivity index (χ3v) is 10.5. The number of aromatic nitrogens is 1. The molecule has 0 amide bonds. The molecule has 220 valence electrons. The van der Waals surface area contributed by atoms with E-state index in [1.165, 1.54) is 82.2 Å². The average molecular weight is 600 g/mol. The maximum Gasteiger partial charge on any atom is 0.141 e. The summed E-state index contributed by atoms with van der Waals surface area (Å²) < 4.78 is 2.45. The molecule has 8 aromatic carbocycles. The lowest BCUT2D eigenvalue weighted by atomic mass is 9.95. The molecule has 0 spiro atoms. The highest BCUT2D eigenvalue weighted by atomic mass is 15.9. The number of rotatable bonds is 3. The summed E-state index contributed by atoms with van der Waals surface area (Å²) in [5, 5.41) is 15.4. The second kappa shape index (κ2) is 9.32. The molecular weight excluding hydrogens is 571 g/mol. The van der Waals surface area contributed by atoms with Crippen molar-refractivity contribution in [3.05, 3.63) is 180 Å². The van der Waals surface area contributed by atoms with E-state index < -0.39 is 0 Å². The van der Waals surface area contributed by atoms with E-state index in [-0.39, 0.29) is 12.2 Å². The predicted octanol–water partition coefficient (Wildman–Crippen LogP) is 11.1. The largest absolute Gasteiger partial charge is 0.309 e. The Morgan fingerprint density at radius 2 is 0.979 bits per heavy atom. The normalized spacial score (nSPS) is 18.4. The molecule has 0 N–H and O–H groups in total. The Hall–Kier alpha value is -5.90. The number of hydrogen-bond donors (Lipinski definition) is 0. The zero-order chi connectivity index (χ0) is 30.6. The quantitative estimate of drug-likeness (QED) is 0.187. The monoisotopic (exact) mass is 599 g/mol. The lowest BCUT2D eigenvalue weighted by molar-refractivity contribution is 0.446. The molecule has 3 nitrogen and oxygen atoms in total. The summed E-state index contributed by atoms with van der Waals surface area (Å²) >= 11 is 0. The molecular formula is C44H29N3. The van der Waals surface area contributed by atoms with Crippen LogP contribution in [0.15, 0.2) is 164 Å². The summed E-state index contributed by atoms with van der Waals surface area (Å²) in [4.78, 5) is 0. The molecule has 2 aliphatic heterocycles. The van der Waals surface area contributed by atoms with E-state index in [1.54, 1.807) is 0 Å². The molecule has 1 saturated heterocycles. The van der Waals surface area contributed by atoms with Crippen molar-refractivity contribution in [3.8, 4) is 5.69 Å². The first-order chi connectivity index (χ1) is 23.3. The SMILES string of the molecule is c1ccc2c(c1)C(c1ccc3ccccc3c1)N1C(c3ccc(-n4c5ccc6ccccc6c5c5c6ccccc6ccc54)cc3)N21. The van der Waals surface area contributed by atoms with E-state index in [1.807, 2.05) is 0 Å². The molecule has 0 saturated carbocycles. The second-order valence-electron chi connectivity index (χ2n) is 13.0. The van der Waals surface area contributed by atoms with Crippen molar-refractivity contribution in [3.63, 3.8) is 0 Å². The summed E-state index contributed by atoms with van der Waals surface area (Å²) in [6, 6.07) is 60.6. The minimum atomic E-state index is 0.194. The van der Waals surface area contributed by atoms with Crippen LogP contribution in [0.1, 0.15) is 28.9 Å². The van der Waals surface area contributed by atoms with Gasteiger partial charge in [-0.05, 0) is 79.8 Å². The van der Waals surface area contributed by atoms with Crippen LogP contribution in [0.3, 0.4) is 0 Å². The molecule has 3 unspecified atom stereocenters. The molecule has 3 heteroatoms. The van der Waals surface area contributed by atoms with Gasteiger partial charge in [-0.2, -0.15) is 5.01 Å². The van der Waals surface area contributed by atoms with Crippen LogP contribution in [0.5, 0.6) is 0 Å². The van der Waals surface area contributed by atoms with Crippen LogP contribution in [-0.4, -0.2) is 9.58 Å². The molecule has 0 radical (unpaired) electrons. The Bertz CT molecular complexity index is 2630. The maximum atomic E-state index is 2.54. The van der Waals surface area contributed by atoms with E-state index in [0.717, 1.165) is 0 Å². The van der Waals surface area contributed by atoms with E-state index in [2.05, 4.69) is 178 Å². The lowest BCUT2D eigenvalue weighted by Gasteiger charge is -2.17. The standard InChI is InChI=1S/C44H29N3/c1-2-12-32-27-33(18-17-28(32)9-1)43-37-15-7-8-16-38(37)46-44(47(43)46)31-19-23-34(24-20-31)45-39-25-21-29-10-3-5-13-35(29)41(39)42-36-14-6-4-11-30(36)22-26-40(42)45/h1-27,43-44H. The van der Waals surface area contributed by atoms with Crippen molar-refractivity contribution in [1.82, 2.24) is 9.58 Å². The highest BCUT2D eigenvalue weighted by Gasteiger charge is 2.57. The molecule has 3 atom stereocenters. The predicted molar refractivity (Wildman–Crippen MR) is 195 cm³/mol. The van der Waals surface area contributed by atoms with Crippen LogP contribution in [0, 0.1) is 0 Å². The van der Waals surface area contributed by atoms with Crippen LogP contribution in [0.2, 0.25) is 0 Å². The van der Waals surface area contributed by atoms with Crippen molar-refractivity contribution in [2.24, 2.45) is 0 Å². The van der Waals surface area contributed by atoms with Gasteiger partial charge < -0.3 is 4.57 Å². The summed E-state index contributed by atoms with van der Waals surface area (Å²) in [6.45, 7) is 0. The molecule has 3 heterocycles. The zero-order valence-electron chi connectivity index (χ0n) is 25.6. The summed E-state index contributed by atoms with van der Waals surface area (Å²) in [5.74, 6) is 0. The summed E-state index contributed by atoms with van der Waals surface area (Å²) in [6.07, 6.45) is 0.210. The van der Waals surface area contributed by atoms with Crippen LogP contribution >= 0.6 is 0 Å². The van der Waals surface area contributed by atoms with E-state index in [9.17, 15) is 0 Å². The van der Waals surface area contributed by atoms with Crippen LogP contribution in [-0.2, 0) is 0 Å². The molecule has 0 aliphatic carbocycles. The number of nitrogens with zero attached hydrogens (tertiary/aromatic N) is 3. The van der Waals surface area contributed by atoms with Crippen molar-refractivity contribution in [2.45, 2.75) is 12.2 Å². The van der Waals surface area contributed by atoms with Gasteiger partial charge in [-0.25, -0.2) is 0 Å². The van der Waals surface area contributed by atoms with Gasteiger partial charge in [0.25, 0.3) is 0 Å². The van der Waals surface area contributed by atoms with Gasteiger partial charge in [-0.3, -0.25) is 5.01 Å². The van der Waals surface area contributed by atoms with Crippen molar-refractivity contribution in [1.29, 1.82) is 0 Å². The fraction of sp³-hybridized carbons (Fsp3) is 0.0455. The first-order valence-corrected chi connectivity index (χ1v) is 16.4. The van der Waals surface area contributed by atoms with Gasteiger partial charge in [0, 0.05) is 22.0 Å². The first-order valence-electron chi connectivity index (χ1n) is 16.4. The summed E-state index contributed by atoms with van der Waals surface area (Å²) in [7, 11) is 0. The smallest absolute Gasteiger partial charge is 0.141 e. The molecule has 1 fully saturated rings. The summed E-state index contributed by atoms with van der Waals surface area (Å²) in [5.41, 5.74) is 8.99. The Morgan fingerprint density at radius 1 is 0.426 bits per heavy atom. The third-order valence-electron chi connectivity index (χ3n) is 10.5. The van der Waals surface area contributed by atoms with Gasteiger partial charge in [-0.1, -0.05) is 127 Å². The van der Waals surface area contributed by atoms with Crippen LogP contribution in [0.25, 0.3) is 59.8 Å². The molecule has 2 aliphatic rings. The van der Waals surface area contributed by atoms with Crippen molar-refractivity contribution < 1.29 is 0 Å². The second-order valence-corrected chi connectivity index (χ2v) is 13.0. The fourth-order valence-corrected chi connectivity index (χ4v) is 8.40. The van der Waals surface area contributed by atoms with Crippen LogP contribution in [0.4, 0.5) is 5.69 Å². The number of benzene rings is 8. The Labute approximate surface area is 272 Å². The molecule has 47 heavy (non-hydrogen) atoms. The maximum absolute atomic E-state index is 2.54. The van der Waals surface area contributed by atoms with Gasteiger partial charge in [0.15, 0.2) is 0 Å². The number of hydrogen-bond acceptors (Lipinski definition) is 2. The van der Waals surface area contributed by atoms with Gasteiger partial charge in [0.2, 0.25) is 0 Å². The molecule has 9 aromatic rings. The topological polar surface area (TPSA) is 10.9 Å². The Balaban J connectivity index is 1.04. The molecule has 1 aromatic heterocycles. The number of anilines is 1. The van der Waals surface area contributed by atoms with Gasteiger partial charge in [0.1, 0.15) is 6.17 Å². The molecule has 0 bridgehead atoms. The van der Waals surface area contributed by atoms with Gasteiger partial charge in [0.05, 0.1) is 22.8 Å². The van der Waals surface area contributed by atoms with E-state index >= 15 is 0 Å². The van der Waals surface area contributed by atoms with Gasteiger partial charge >= 0.3 is 0 Å². The highest BCUT2D eigenvalue weighted by molar-refractivity contribution is 6.28. The van der Waals surface area contributed by atoms with Crippen LogP contribution < -0.4 is 5.01 Å². The van der Waals surface area contributed by atoms with Gasteiger partial charge in [-0.15, -0.1) is 0 Å². The zero-order valence-corrected chi connectivity index (χ0v) is 25.6. The van der Waals surface area contributed by atoms with E-state index in [4.69, 9.17) is 0 Å². The Morgan fingerprint density at radius 3 is 1.68 bits per heavy atom. The average Bonchev–Trinajstić information content (AvgIpc) is 3.61. The van der Waals surface area contributed by atoms with Crippen molar-refractivity contribution in [2.75, 3.05) is 5.01 Å². The minimum Gasteiger partial charge on any atom is -0.309 e. The van der Waals surface area contributed by atoms with E-state index in [0.29, 0.717) is 0 Å². The fourth-order valence-electron chi connectivity index (χ4n) is 8.40. The third kappa shape index (κ3) is 3.49.